The number of anilines is 1. The number of phenolic OH excluding ortho intramolecular Hbond substituents is 2. The molecule has 0 spiro atoms. The van der Waals surface area contributed by atoms with Gasteiger partial charge in [-0.1, -0.05) is 36.4 Å². The van der Waals surface area contributed by atoms with Crippen molar-refractivity contribution in [3.05, 3.63) is 88.5 Å². The van der Waals surface area contributed by atoms with Gasteiger partial charge in [0.15, 0.2) is 11.6 Å². The van der Waals surface area contributed by atoms with Gasteiger partial charge in [0.1, 0.15) is 17.5 Å². The van der Waals surface area contributed by atoms with Gasteiger partial charge in [0, 0.05) is 23.2 Å². The Morgan fingerprint density at radius 1 is 0.906 bits per heavy atom. The van der Waals surface area contributed by atoms with E-state index >= 15 is 0 Å². The van der Waals surface area contributed by atoms with E-state index in [1.165, 1.54) is 24.3 Å². The van der Waals surface area contributed by atoms with Gasteiger partial charge >= 0.3 is 5.97 Å². The van der Waals surface area contributed by atoms with Crippen LogP contribution >= 0.6 is 0 Å². The number of ketones is 2. The summed E-state index contributed by atoms with van der Waals surface area (Å²) in [6, 6.07) is 14.7. The summed E-state index contributed by atoms with van der Waals surface area (Å²) in [6.07, 6.45) is 0.216. The fourth-order valence-corrected chi connectivity index (χ4v) is 3.82. The number of hydrogen-bond acceptors (Lipinski definition) is 7. The Balaban J connectivity index is 1.75. The average Bonchev–Trinajstić information content (AvgIpc) is 2.79. The van der Waals surface area contributed by atoms with Gasteiger partial charge in [0.05, 0.1) is 17.7 Å². The van der Waals surface area contributed by atoms with Crippen LogP contribution in [0.15, 0.2) is 60.7 Å². The predicted octanol–water partition coefficient (Wildman–Crippen LogP) is 3.46. The summed E-state index contributed by atoms with van der Waals surface area (Å²) in [5.41, 5.74) is 1.41. The Hall–Kier alpha value is -4.13. The minimum absolute atomic E-state index is 0.0219. The number of esters is 1. The molecule has 3 aromatic rings. The Kier molecular flexibility index (Phi) is 5.64. The van der Waals surface area contributed by atoms with Crippen LogP contribution in [-0.4, -0.2) is 40.4 Å². The minimum Gasteiger partial charge on any atom is -0.508 e. The highest BCUT2D eigenvalue weighted by atomic mass is 16.5. The maximum absolute atomic E-state index is 13.3. The maximum atomic E-state index is 13.3. The summed E-state index contributed by atoms with van der Waals surface area (Å²) in [6.45, 7) is 1.86. The Morgan fingerprint density at radius 3 is 2.16 bits per heavy atom. The number of ether oxygens (including phenoxy) is 1. The number of carbonyl (C=O) groups is 3. The summed E-state index contributed by atoms with van der Waals surface area (Å²) in [4.78, 5) is 38.9. The smallest absolute Gasteiger partial charge is 0.328 e. The number of carbonyl (C=O) groups excluding carboxylic acids is 3. The van der Waals surface area contributed by atoms with Crippen LogP contribution in [0.1, 0.15) is 44.3 Å². The van der Waals surface area contributed by atoms with Crippen molar-refractivity contribution in [1.82, 2.24) is 0 Å². The van der Waals surface area contributed by atoms with E-state index in [-0.39, 0.29) is 52.5 Å². The van der Waals surface area contributed by atoms with Gasteiger partial charge in [0.25, 0.3) is 0 Å². The van der Waals surface area contributed by atoms with Crippen LogP contribution in [0.3, 0.4) is 0 Å². The molecule has 0 aliphatic heterocycles. The topological polar surface area (TPSA) is 113 Å². The van der Waals surface area contributed by atoms with Crippen LogP contribution in [0.25, 0.3) is 0 Å². The first kappa shape index (κ1) is 21.1. The van der Waals surface area contributed by atoms with E-state index in [4.69, 9.17) is 4.74 Å². The molecule has 0 saturated heterocycles. The second kappa shape index (κ2) is 8.55. The van der Waals surface area contributed by atoms with Crippen LogP contribution in [0.2, 0.25) is 0 Å². The zero-order chi connectivity index (χ0) is 22.8. The third-order valence-corrected chi connectivity index (χ3v) is 5.33. The van der Waals surface area contributed by atoms with E-state index in [1.807, 2.05) is 0 Å². The fraction of sp³-hybridized carbons (Fsp3) is 0.160. The molecule has 0 bridgehead atoms. The highest BCUT2D eigenvalue weighted by Crippen LogP contribution is 2.37. The van der Waals surface area contributed by atoms with E-state index in [0.717, 1.165) is 5.56 Å². The molecule has 7 nitrogen and oxygen atoms in total. The first-order chi connectivity index (χ1) is 15.4. The van der Waals surface area contributed by atoms with E-state index in [1.54, 1.807) is 43.3 Å². The van der Waals surface area contributed by atoms with Crippen LogP contribution < -0.4 is 5.32 Å². The molecule has 0 heterocycles. The maximum Gasteiger partial charge on any atom is 0.328 e. The lowest BCUT2D eigenvalue weighted by Crippen LogP contribution is -2.35. The van der Waals surface area contributed by atoms with Crippen LogP contribution in [-0.2, 0) is 16.0 Å². The van der Waals surface area contributed by atoms with Crippen LogP contribution in [0.4, 0.5) is 5.69 Å². The second-order valence-corrected chi connectivity index (χ2v) is 7.41. The highest BCUT2D eigenvalue weighted by molar-refractivity contribution is 6.31. The van der Waals surface area contributed by atoms with Crippen molar-refractivity contribution in [2.24, 2.45) is 0 Å². The number of nitrogens with one attached hydrogen (secondary N) is 1. The van der Waals surface area contributed by atoms with Crippen molar-refractivity contribution in [3.8, 4) is 11.5 Å². The van der Waals surface area contributed by atoms with Crippen LogP contribution in [0, 0.1) is 0 Å². The van der Waals surface area contributed by atoms with Crippen molar-refractivity contribution in [1.29, 1.82) is 0 Å². The molecule has 1 aliphatic carbocycles. The number of rotatable bonds is 6. The zero-order valence-electron chi connectivity index (χ0n) is 17.3. The molecule has 4 rings (SSSR count). The largest absolute Gasteiger partial charge is 0.508 e. The summed E-state index contributed by atoms with van der Waals surface area (Å²) >= 11 is 0. The molecule has 3 N–H and O–H groups in total. The number of phenols is 2. The highest BCUT2D eigenvalue weighted by Gasteiger charge is 2.35. The van der Waals surface area contributed by atoms with Crippen molar-refractivity contribution in [2.45, 2.75) is 19.4 Å². The number of fused-ring (bicyclic) bond motifs is 2. The molecule has 7 heteroatoms. The molecular weight excluding hydrogens is 410 g/mol. The molecule has 32 heavy (non-hydrogen) atoms. The molecule has 0 aromatic heterocycles. The van der Waals surface area contributed by atoms with Gasteiger partial charge in [0.2, 0.25) is 0 Å². The lowest BCUT2D eigenvalue weighted by molar-refractivity contribution is -0.144. The second-order valence-electron chi connectivity index (χ2n) is 7.41. The third kappa shape index (κ3) is 3.80. The number of hydrogen-bond donors (Lipinski definition) is 3. The summed E-state index contributed by atoms with van der Waals surface area (Å²) < 4.78 is 5.19. The molecule has 0 amide bonds. The molecular formula is C25H21NO6. The zero-order valence-corrected chi connectivity index (χ0v) is 17.3. The summed E-state index contributed by atoms with van der Waals surface area (Å²) in [5.74, 6) is -1.60. The minimum atomic E-state index is -0.867. The summed E-state index contributed by atoms with van der Waals surface area (Å²) in [5, 5.41) is 22.9. The fourth-order valence-electron chi connectivity index (χ4n) is 3.82. The number of benzene rings is 3. The van der Waals surface area contributed by atoms with Gasteiger partial charge in [-0.3, -0.25) is 9.59 Å². The first-order valence-corrected chi connectivity index (χ1v) is 10.2. The standard InChI is InChI=1S/C25H21NO6/c1-2-32-25(31)19(13-14-7-9-15(27)10-8-14)26-18-11-12-20(28)22-21(18)23(29)16-5-3-4-6-17(16)24(22)30/h3-12,19,26-28H,2,13H2,1H3/t19-/m0/s1. The lowest BCUT2D eigenvalue weighted by atomic mass is 9.82. The van der Waals surface area contributed by atoms with E-state index in [9.17, 15) is 24.6 Å². The quantitative estimate of drug-likeness (QED) is 0.316. The van der Waals surface area contributed by atoms with E-state index < -0.39 is 23.6 Å². The van der Waals surface area contributed by atoms with E-state index in [0.29, 0.717) is 0 Å². The molecule has 0 radical (unpaired) electrons. The molecule has 1 atom stereocenters. The third-order valence-electron chi connectivity index (χ3n) is 5.33. The molecule has 0 unspecified atom stereocenters. The van der Waals surface area contributed by atoms with E-state index in [2.05, 4.69) is 5.32 Å². The van der Waals surface area contributed by atoms with Gasteiger partial charge in [-0.2, -0.15) is 0 Å². The number of aromatic hydroxyl groups is 2. The van der Waals surface area contributed by atoms with Crippen molar-refractivity contribution in [2.75, 3.05) is 11.9 Å². The first-order valence-electron chi connectivity index (χ1n) is 10.2. The summed E-state index contributed by atoms with van der Waals surface area (Å²) in [7, 11) is 0. The molecule has 3 aromatic carbocycles. The monoisotopic (exact) mass is 431 g/mol. The molecule has 0 saturated carbocycles. The van der Waals surface area contributed by atoms with Gasteiger partial charge in [-0.25, -0.2) is 4.79 Å². The van der Waals surface area contributed by atoms with Crippen molar-refractivity contribution >= 4 is 23.2 Å². The van der Waals surface area contributed by atoms with Crippen molar-refractivity contribution < 1.29 is 29.3 Å². The average molecular weight is 431 g/mol. The molecule has 0 fully saturated rings. The Bertz CT molecular complexity index is 1220. The molecule has 1 aliphatic rings. The normalized spacial score (nSPS) is 13.2. The Labute approximate surface area is 184 Å². The Morgan fingerprint density at radius 2 is 1.53 bits per heavy atom. The lowest BCUT2D eigenvalue weighted by Gasteiger charge is -2.24. The van der Waals surface area contributed by atoms with Gasteiger partial charge < -0.3 is 20.3 Å². The molecule has 162 valence electrons. The van der Waals surface area contributed by atoms with Crippen LogP contribution in [0.5, 0.6) is 11.5 Å². The predicted molar refractivity (Wildman–Crippen MR) is 117 cm³/mol. The SMILES string of the molecule is CCOC(=O)[C@H](Cc1ccc(O)cc1)Nc1ccc(O)c2c1C(=O)c1ccccc1C2=O. The van der Waals surface area contributed by atoms with Crippen molar-refractivity contribution in [3.63, 3.8) is 0 Å². The van der Waals surface area contributed by atoms with Gasteiger partial charge in [-0.15, -0.1) is 0 Å². The van der Waals surface area contributed by atoms with Gasteiger partial charge in [-0.05, 0) is 36.8 Å².